The van der Waals surface area contributed by atoms with E-state index in [1.807, 2.05) is 61.5 Å². The van der Waals surface area contributed by atoms with Crippen molar-refractivity contribution in [1.29, 1.82) is 0 Å². The number of pyridine rings is 1. The fourth-order valence-electron chi connectivity index (χ4n) is 4.71. The highest BCUT2D eigenvalue weighted by atomic mass is 16.5. The number of aromatic amines is 1. The minimum atomic E-state index is -0.204. The molecule has 0 bridgehead atoms. The maximum Gasteiger partial charge on any atom is 0.253 e. The summed E-state index contributed by atoms with van der Waals surface area (Å²) in [6.45, 7) is 2.92. The van der Waals surface area contributed by atoms with E-state index >= 15 is 0 Å². The van der Waals surface area contributed by atoms with Gasteiger partial charge in [-0.25, -0.2) is 14.5 Å². The number of benzene rings is 2. The van der Waals surface area contributed by atoms with Gasteiger partial charge in [-0.15, -0.1) is 0 Å². The molecule has 4 heterocycles. The summed E-state index contributed by atoms with van der Waals surface area (Å²) in [6.07, 6.45) is 3.04. The molecule has 0 unspecified atom stereocenters. The Bertz CT molecular complexity index is 1840. The number of amides is 1. The second kappa shape index (κ2) is 10.5. The van der Waals surface area contributed by atoms with Gasteiger partial charge < -0.3 is 26.1 Å². The summed E-state index contributed by atoms with van der Waals surface area (Å²) in [4.78, 5) is 29.6. The lowest BCUT2D eigenvalue weighted by Crippen LogP contribution is -2.22. The molecular weight excluding hydrogens is 506 g/mol. The number of carbonyl (C=O) groups is 1. The van der Waals surface area contributed by atoms with Gasteiger partial charge in [-0.2, -0.15) is 10.1 Å². The third-order valence-electron chi connectivity index (χ3n) is 6.50. The molecule has 11 nitrogen and oxygen atoms in total. The fraction of sp³-hybridized carbons (Fsp3) is 0.138. The maximum atomic E-state index is 12.8. The van der Waals surface area contributed by atoms with Gasteiger partial charge >= 0.3 is 0 Å². The fourth-order valence-corrected chi connectivity index (χ4v) is 4.71. The van der Waals surface area contributed by atoms with E-state index in [9.17, 15) is 4.79 Å². The molecule has 6 aromatic rings. The van der Waals surface area contributed by atoms with Crippen LogP contribution >= 0.6 is 0 Å². The van der Waals surface area contributed by atoms with Gasteiger partial charge in [-0.3, -0.25) is 4.79 Å². The highest BCUT2D eigenvalue weighted by molar-refractivity contribution is 6.07. The summed E-state index contributed by atoms with van der Waals surface area (Å²) in [5.74, 6) is 0.655. The molecule has 0 saturated carbocycles. The molecular formula is C29H27N9O2. The smallest absolute Gasteiger partial charge is 0.253 e. The summed E-state index contributed by atoms with van der Waals surface area (Å²) >= 11 is 0. The molecule has 0 aliphatic rings. The highest BCUT2D eigenvalue weighted by Crippen LogP contribution is 2.33. The van der Waals surface area contributed by atoms with E-state index < -0.39 is 0 Å². The summed E-state index contributed by atoms with van der Waals surface area (Å²) in [7, 11) is 1.68. The third kappa shape index (κ3) is 4.69. The van der Waals surface area contributed by atoms with E-state index in [0.29, 0.717) is 47.2 Å². The average Bonchev–Trinajstić information content (AvgIpc) is 3.55. The third-order valence-corrected chi connectivity index (χ3v) is 6.50. The number of methoxy groups -OCH3 is 1. The lowest BCUT2D eigenvalue weighted by molar-refractivity contribution is 0.0956. The Kier molecular flexibility index (Phi) is 6.54. The first-order valence-electron chi connectivity index (χ1n) is 12.8. The molecule has 0 spiro atoms. The monoisotopic (exact) mass is 533 g/mol. The van der Waals surface area contributed by atoms with Gasteiger partial charge in [0.05, 0.1) is 23.4 Å². The number of hydrogen-bond donors (Lipinski definition) is 4. The van der Waals surface area contributed by atoms with Crippen LogP contribution in [0.5, 0.6) is 0 Å². The van der Waals surface area contributed by atoms with Crippen LogP contribution in [0.2, 0.25) is 0 Å². The minimum Gasteiger partial charge on any atom is -0.382 e. The standard InChI is InChI=1S/C29H27N9O2/c1-3-31-28(39)21-14-38-25(26(30)32-16-33-38)24(21)18-7-9-20(10-8-18)34-29-36-23-12-11-22(35-27(23)37-29)19-6-4-5-17(13-19)15-40-2/h4-14,16H,3,15H2,1-2H3,(H,31,39)(H2,30,32,33)(H2,34,35,36,37). The van der Waals surface area contributed by atoms with Crippen LogP contribution in [0.25, 0.3) is 39.1 Å². The van der Waals surface area contributed by atoms with E-state index in [1.54, 1.807) is 17.8 Å². The Morgan fingerprint density at radius 2 is 1.93 bits per heavy atom. The van der Waals surface area contributed by atoms with Crippen molar-refractivity contribution in [3.8, 4) is 22.4 Å². The first-order chi connectivity index (χ1) is 19.5. The van der Waals surface area contributed by atoms with Gasteiger partial charge in [0, 0.05) is 36.7 Å². The largest absolute Gasteiger partial charge is 0.382 e. The number of aromatic nitrogens is 6. The molecule has 6 rings (SSSR count). The minimum absolute atomic E-state index is 0.204. The SMILES string of the molecule is CCNC(=O)c1cn2ncnc(N)c2c1-c1ccc(Nc2nc3nc(-c4cccc(COC)c4)ccc3[nH]2)cc1. The molecule has 11 heteroatoms. The van der Waals surface area contributed by atoms with Crippen LogP contribution in [0.4, 0.5) is 17.5 Å². The van der Waals surface area contributed by atoms with Crippen LogP contribution < -0.4 is 16.4 Å². The van der Waals surface area contributed by atoms with Crippen molar-refractivity contribution in [2.45, 2.75) is 13.5 Å². The number of anilines is 3. The van der Waals surface area contributed by atoms with Gasteiger partial charge in [0.1, 0.15) is 11.8 Å². The van der Waals surface area contributed by atoms with Crippen molar-refractivity contribution >= 4 is 40.0 Å². The van der Waals surface area contributed by atoms with Crippen molar-refractivity contribution < 1.29 is 9.53 Å². The van der Waals surface area contributed by atoms with Crippen LogP contribution in [-0.2, 0) is 11.3 Å². The van der Waals surface area contributed by atoms with Crippen LogP contribution in [0.15, 0.2) is 73.2 Å². The topological polar surface area (TPSA) is 148 Å². The highest BCUT2D eigenvalue weighted by Gasteiger charge is 2.21. The molecule has 40 heavy (non-hydrogen) atoms. The number of rotatable bonds is 8. The molecule has 1 amide bonds. The zero-order valence-corrected chi connectivity index (χ0v) is 22.0. The van der Waals surface area contributed by atoms with Crippen LogP contribution in [0.1, 0.15) is 22.8 Å². The van der Waals surface area contributed by atoms with E-state index in [0.717, 1.165) is 33.6 Å². The Balaban J connectivity index is 1.28. The molecule has 4 aromatic heterocycles. The molecule has 0 aliphatic carbocycles. The number of nitrogens with two attached hydrogens (primary N) is 1. The molecule has 0 atom stereocenters. The Morgan fingerprint density at radius 3 is 2.73 bits per heavy atom. The first-order valence-corrected chi connectivity index (χ1v) is 12.8. The maximum absolute atomic E-state index is 12.8. The lowest BCUT2D eigenvalue weighted by Gasteiger charge is -2.08. The van der Waals surface area contributed by atoms with Crippen molar-refractivity contribution in [2.75, 3.05) is 24.7 Å². The number of carbonyl (C=O) groups excluding carboxylic acids is 1. The Labute approximate surface area is 229 Å². The molecule has 200 valence electrons. The van der Waals surface area contributed by atoms with Crippen LogP contribution in [-0.4, -0.2) is 49.1 Å². The molecule has 0 saturated heterocycles. The summed E-state index contributed by atoms with van der Waals surface area (Å²) in [6, 6.07) is 19.7. The number of nitrogens with zero attached hydrogens (tertiary/aromatic N) is 5. The summed E-state index contributed by atoms with van der Waals surface area (Å²) in [5.41, 5.74) is 13.9. The number of imidazole rings is 1. The molecule has 0 radical (unpaired) electrons. The number of nitrogens with one attached hydrogen (secondary N) is 3. The van der Waals surface area contributed by atoms with Gasteiger partial charge in [-0.1, -0.05) is 30.3 Å². The van der Waals surface area contributed by atoms with Crippen LogP contribution in [0.3, 0.4) is 0 Å². The predicted octanol–water partition coefficient (Wildman–Crippen LogP) is 4.56. The molecule has 5 N–H and O–H groups in total. The number of H-pyrrole nitrogens is 1. The second-order valence-corrected chi connectivity index (χ2v) is 9.20. The number of fused-ring (bicyclic) bond motifs is 2. The van der Waals surface area contributed by atoms with Crippen molar-refractivity contribution in [1.82, 2.24) is 34.9 Å². The predicted molar refractivity (Wildman–Crippen MR) is 154 cm³/mol. The average molecular weight is 534 g/mol. The second-order valence-electron chi connectivity index (χ2n) is 9.20. The molecule has 0 aliphatic heterocycles. The van der Waals surface area contributed by atoms with E-state index in [1.165, 1.54) is 6.33 Å². The molecule has 0 fully saturated rings. The van der Waals surface area contributed by atoms with Crippen molar-refractivity contribution in [2.24, 2.45) is 0 Å². The van der Waals surface area contributed by atoms with Gasteiger partial charge in [0.25, 0.3) is 5.91 Å². The number of nitrogen functional groups attached to an aromatic ring is 1. The summed E-state index contributed by atoms with van der Waals surface area (Å²) < 4.78 is 6.83. The molecule has 2 aromatic carbocycles. The normalized spacial score (nSPS) is 11.2. The zero-order valence-electron chi connectivity index (χ0n) is 22.0. The Hall–Kier alpha value is -5.29. The first kappa shape index (κ1) is 25.0. The Morgan fingerprint density at radius 1 is 1.07 bits per heavy atom. The summed E-state index contributed by atoms with van der Waals surface area (Å²) in [5, 5.41) is 10.4. The van der Waals surface area contributed by atoms with Crippen LogP contribution in [0, 0.1) is 0 Å². The quantitative estimate of drug-likeness (QED) is 0.223. The van der Waals surface area contributed by atoms with E-state index in [2.05, 4.69) is 36.8 Å². The van der Waals surface area contributed by atoms with E-state index in [-0.39, 0.29) is 5.91 Å². The van der Waals surface area contributed by atoms with Gasteiger partial charge in [-0.05, 0) is 48.4 Å². The number of hydrogen-bond acceptors (Lipinski definition) is 8. The van der Waals surface area contributed by atoms with E-state index in [4.69, 9.17) is 15.5 Å². The lowest BCUT2D eigenvalue weighted by atomic mass is 10.0. The number of ether oxygens (including phenoxy) is 1. The zero-order chi connectivity index (χ0) is 27.6. The van der Waals surface area contributed by atoms with Gasteiger partial charge in [0.15, 0.2) is 11.5 Å². The van der Waals surface area contributed by atoms with Gasteiger partial charge in [0.2, 0.25) is 5.95 Å². The van der Waals surface area contributed by atoms with Crippen molar-refractivity contribution in [3.63, 3.8) is 0 Å². The van der Waals surface area contributed by atoms with Crippen molar-refractivity contribution in [3.05, 3.63) is 84.3 Å².